The number of fused-ring (bicyclic) bond motifs is 1. The van der Waals surface area contributed by atoms with Gasteiger partial charge in [0.2, 0.25) is 0 Å². The van der Waals surface area contributed by atoms with E-state index in [9.17, 15) is 9.18 Å². The minimum absolute atomic E-state index is 0. The zero-order valence-electron chi connectivity index (χ0n) is 16.2. The van der Waals surface area contributed by atoms with Crippen molar-refractivity contribution in [1.29, 1.82) is 0 Å². The number of carbonyl (C=O) groups excluding carboxylic acids is 1. The number of carbonyl (C=O) groups is 1. The minimum Gasteiger partial charge on any atom is -0.320 e. The maximum atomic E-state index is 14.3. The first-order valence-corrected chi connectivity index (χ1v) is 9.64. The van der Waals surface area contributed by atoms with Crippen LogP contribution in [-0.2, 0) is 19.4 Å². The summed E-state index contributed by atoms with van der Waals surface area (Å²) in [5, 5.41) is 10.8. The molecule has 3 aromatic rings. The molecular formula is C22H24ClFN4O. The van der Waals surface area contributed by atoms with Crippen LogP contribution in [0.5, 0.6) is 0 Å². The fourth-order valence-corrected chi connectivity index (χ4v) is 3.68. The van der Waals surface area contributed by atoms with E-state index in [4.69, 9.17) is 0 Å². The van der Waals surface area contributed by atoms with E-state index in [2.05, 4.69) is 15.7 Å². The van der Waals surface area contributed by atoms with Crippen LogP contribution in [0.25, 0.3) is 5.69 Å². The third-order valence-corrected chi connectivity index (χ3v) is 5.06. The lowest BCUT2D eigenvalue weighted by atomic mass is 10.1. The molecule has 0 spiro atoms. The van der Waals surface area contributed by atoms with Crippen molar-refractivity contribution < 1.29 is 9.18 Å². The molecule has 1 amide bonds. The summed E-state index contributed by atoms with van der Waals surface area (Å²) in [5.41, 5.74) is 4.39. The van der Waals surface area contributed by atoms with Gasteiger partial charge in [-0.3, -0.25) is 4.79 Å². The number of halogens is 2. The first kappa shape index (κ1) is 21.0. The second-order valence-corrected chi connectivity index (χ2v) is 6.88. The highest BCUT2D eigenvalue weighted by atomic mass is 35.5. The standard InChI is InChI=1S/C22H23FN4O.ClH/c1-2-24-14-15-8-3-5-11-18(15)25-22(28)21-16-9-7-13-19(16)27(26-21)20-12-6-4-10-17(20)23;/h3-6,8,10-12,24H,2,7,9,13-14H2,1H3,(H,25,28);1H. The molecule has 2 aromatic carbocycles. The van der Waals surface area contributed by atoms with Gasteiger partial charge in [0.05, 0.1) is 0 Å². The molecule has 0 unspecified atom stereocenters. The number of aromatic nitrogens is 2. The maximum Gasteiger partial charge on any atom is 0.276 e. The Labute approximate surface area is 175 Å². The van der Waals surface area contributed by atoms with E-state index >= 15 is 0 Å². The van der Waals surface area contributed by atoms with Crippen molar-refractivity contribution in [3.63, 3.8) is 0 Å². The Hall–Kier alpha value is -2.70. The van der Waals surface area contributed by atoms with Gasteiger partial charge in [-0.15, -0.1) is 12.4 Å². The predicted molar refractivity (Wildman–Crippen MR) is 115 cm³/mol. The molecule has 0 saturated carbocycles. The highest BCUT2D eigenvalue weighted by Gasteiger charge is 2.28. The lowest BCUT2D eigenvalue weighted by molar-refractivity contribution is 0.102. The van der Waals surface area contributed by atoms with Gasteiger partial charge in [-0.25, -0.2) is 9.07 Å². The average molecular weight is 415 g/mol. The summed E-state index contributed by atoms with van der Waals surface area (Å²) in [6.45, 7) is 3.57. The Morgan fingerprint density at radius 1 is 1.14 bits per heavy atom. The normalized spacial score (nSPS) is 12.3. The quantitative estimate of drug-likeness (QED) is 0.632. The highest BCUT2D eigenvalue weighted by molar-refractivity contribution is 6.04. The number of rotatable bonds is 6. The molecule has 0 bridgehead atoms. The molecule has 0 aliphatic heterocycles. The fraction of sp³-hybridized carbons (Fsp3) is 0.273. The monoisotopic (exact) mass is 414 g/mol. The van der Waals surface area contributed by atoms with Gasteiger partial charge in [0.25, 0.3) is 5.91 Å². The fourth-order valence-electron chi connectivity index (χ4n) is 3.68. The van der Waals surface area contributed by atoms with Gasteiger partial charge in [0.1, 0.15) is 11.5 Å². The van der Waals surface area contributed by atoms with Gasteiger partial charge >= 0.3 is 0 Å². The molecule has 0 atom stereocenters. The van der Waals surface area contributed by atoms with Gasteiger partial charge in [0, 0.05) is 23.5 Å². The van der Waals surface area contributed by atoms with E-state index in [0.717, 1.165) is 48.3 Å². The van der Waals surface area contributed by atoms with E-state index in [1.54, 1.807) is 22.9 Å². The Balaban J connectivity index is 0.00000240. The van der Waals surface area contributed by atoms with Crippen LogP contribution in [0.4, 0.5) is 10.1 Å². The topological polar surface area (TPSA) is 58.9 Å². The lowest BCUT2D eigenvalue weighted by Crippen LogP contribution is -2.18. The van der Waals surface area contributed by atoms with Crippen LogP contribution < -0.4 is 10.6 Å². The van der Waals surface area contributed by atoms with Gasteiger partial charge in [-0.1, -0.05) is 37.3 Å². The lowest BCUT2D eigenvalue weighted by Gasteiger charge is -2.11. The number of para-hydroxylation sites is 2. The van der Waals surface area contributed by atoms with Crippen molar-refractivity contribution in [2.45, 2.75) is 32.7 Å². The number of amides is 1. The summed E-state index contributed by atoms with van der Waals surface area (Å²) < 4.78 is 15.9. The van der Waals surface area contributed by atoms with Gasteiger partial charge in [-0.2, -0.15) is 5.10 Å². The van der Waals surface area contributed by atoms with Crippen LogP contribution in [0.2, 0.25) is 0 Å². The van der Waals surface area contributed by atoms with Gasteiger partial charge in [0.15, 0.2) is 5.69 Å². The second-order valence-electron chi connectivity index (χ2n) is 6.88. The molecule has 0 saturated heterocycles. The zero-order valence-corrected chi connectivity index (χ0v) is 17.1. The van der Waals surface area contributed by atoms with Crippen molar-refractivity contribution in [2.24, 2.45) is 0 Å². The van der Waals surface area contributed by atoms with Crippen LogP contribution in [0, 0.1) is 5.82 Å². The second kappa shape index (κ2) is 9.20. The minimum atomic E-state index is -0.345. The zero-order chi connectivity index (χ0) is 19.5. The van der Waals surface area contributed by atoms with E-state index in [1.807, 2.05) is 31.2 Å². The number of nitrogens with one attached hydrogen (secondary N) is 2. The Morgan fingerprint density at radius 2 is 1.90 bits per heavy atom. The number of hydrogen-bond donors (Lipinski definition) is 2. The van der Waals surface area contributed by atoms with Crippen LogP contribution in [0.1, 0.15) is 40.7 Å². The molecule has 5 nitrogen and oxygen atoms in total. The van der Waals surface area contributed by atoms with Crippen molar-refractivity contribution in [3.05, 3.63) is 76.9 Å². The summed E-state index contributed by atoms with van der Waals surface area (Å²) in [6.07, 6.45) is 2.52. The molecule has 1 aromatic heterocycles. The van der Waals surface area contributed by atoms with Crippen molar-refractivity contribution >= 4 is 24.0 Å². The molecule has 29 heavy (non-hydrogen) atoms. The van der Waals surface area contributed by atoms with Crippen LogP contribution in [0.3, 0.4) is 0 Å². The summed E-state index contributed by atoms with van der Waals surface area (Å²) >= 11 is 0. The molecule has 7 heteroatoms. The highest BCUT2D eigenvalue weighted by Crippen LogP contribution is 2.29. The third kappa shape index (κ3) is 4.18. The van der Waals surface area contributed by atoms with Crippen LogP contribution in [-0.4, -0.2) is 22.2 Å². The first-order chi connectivity index (χ1) is 13.7. The summed E-state index contributed by atoms with van der Waals surface area (Å²) in [4.78, 5) is 13.0. The van der Waals surface area contributed by atoms with E-state index in [0.29, 0.717) is 17.9 Å². The van der Waals surface area contributed by atoms with Crippen LogP contribution in [0.15, 0.2) is 48.5 Å². The van der Waals surface area contributed by atoms with Crippen molar-refractivity contribution in [2.75, 3.05) is 11.9 Å². The van der Waals surface area contributed by atoms with Crippen molar-refractivity contribution in [3.8, 4) is 5.69 Å². The SMILES string of the molecule is CCNCc1ccccc1NC(=O)c1nn(-c2ccccc2F)c2c1CCC2.Cl. The maximum absolute atomic E-state index is 14.3. The summed E-state index contributed by atoms with van der Waals surface area (Å²) in [7, 11) is 0. The molecule has 0 radical (unpaired) electrons. The smallest absolute Gasteiger partial charge is 0.276 e. The Morgan fingerprint density at radius 3 is 2.69 bits per heavy atom. The summed E-state index contributed by atoms with van der Waals surface area (Å²) in [6, 6.07) is 14.2. The molecule has 1 aliphatic carbocycles. The van der Waals surface area contributed by atoms with E-state index in [1.165, 1.54) is 6.07 Å². The van der Waals surface area contributed by atoms with Crippen LogP contribution >= 0.6 is 12.4 Å². The number of hydrogen-bond acceptors (Lipinski definition) is 3. The van der Waals surface area contributed by atoms with E-state index < -0.39 is 0 Å². The summed E-state index contributed by atoms with van der Waals surface area (Å²) in [5.74, 6) is -0.597. The number of benzene rings is 2. The first-order valence-electron chi connectivity index (χ1n) is 9.64. The van der Waals surface area contributed by atoms with Crippen molar-refractivity contribution in [1.82, 2.24) is 15.1 Å². The van der Waals surface area contributed by atoms with E-state index in [-0.39, 0.29) is 24.1 Å². The van der Waals surface area contributed by atoms with Gasteiger partial charge < -0.3 is 10.6 Å². The molecule has 0 fully saturated rings. The Bertz CT molecular complexity index is 1020. The number of nitrogens with zero attached hydrogens (tertiary/aromatic N) is 2. The largest absolute Gasteiger partial charge is 0.320 e. The number of anilines is 1. The predicted octanol–water partition coefficient (Wildman–Crippen LogP) is 4.28. The molecule has 1 aliphatic rings. The molecule has 1 heterocycles. The molecule has 2 N–H and O–H groups in total. The molecular weight excluding hydrogens is 391 g/mol. The third-order valence-electron chi connectivity index (χ3n) is 5.06. The molecule has 4 rings (SSSR count). The van der Waals surface area contributed by atoms with Gasteiger partial charge in [-0.05, 0) is 49.6 Å². The average Bonchev–Trinajstić information content (AvgIpc) is 3.30. The molecule has 152 valence electrons. The Kier molecular flexibility index (Phi) is 6.67.